The van der Waals surface area contributed by atoms with Gasteiger partial charge in [0.15, 0.2) is 0 Å². The summed E-state index contributed by atoms with van der Waals surface area (Å²) < 4.78 is 5.66. The highest BCUT2D eigenvalue weighted by molar-refractivity contribution is 5.84. The number of fused-ring (bicyclic) bond motifs is 2. The number of hydrogen-bond donors (Lipinski definition) is 3. The van der Waals surface area contributed by atoms with E-state index in [4.69, 9.17) is 4.74 Å². The van der Waals surface area contributed by atoms with E-state index in [0.717, 1.165) is 31.1 Å². The molecule has 1 saturated heterocycles. The number of rotatable bonds is 12. The maximum Gasteiger partial charge on any atom is 0.314 e. The summed E-state index contributed by atoms with van der Waals surface area (Å²) >= 11 is 0. The highest BCUT2D eigenvalue weighted by atomic mass is 16.5. The molecule has 9 heteroatoms. The van der Waals surface area contributed by atoms with E-state index >= 15 is 0 Å². The predicted octanol–water partition coefficient (Wildman–Crippen LogP) is 1.17. The van der Waals surface area contributed by atoms with Crippen LogP contribution in [0.2, 0.25) is 0 Å². The number of urea groups is 1. The largest absolute Gasteiger partial charge is 0.508 e. The van der Waals surface area contributed by atoms with Gasteiger partial charge in [0.25, 0.3) is 0 Å². The number of nitrogens with one attached hydrogen (secondary N) is 2. The van der Waals surface area contributed by atoms with Gasteiger partial charge in [0.05, 0.1) is 24.0 Å². The Morgan fingerprint density at radius 1 is 1.09 bits per heavy atom. The van der Waals surface area contributed by atoms with E-state index in [1.807, 2.05) is 38.4 Å². The van der Waals surface area contributed by atoms with Gasteiger partial charge in [-0.1, -0.05) is 24.3 Å². The van der Waals surface area contributed by atoms with Crippen molar-refractivity contribution in [2.75, 3.05) is 40.8 Å². The Balaban J connectivity index is 1.31. The lowest BCUT2D eigenvalue weighted by Crippen LogP contribution is -2.45. The smallest absolute Gasteiger partial charge is 0.314 e. The second-order valence-electron chi connectivity index (χ2n) is 9.28. The minimum Gasteiger partial charge on any atom is -0.508 e. The van der Waals surface area contributed by atoms with Crippen LogP contribution in [0, 0.1) is 11.8 Å². The summed E-state index contributed by atoms with van der Waals surface area (Å²) in [4.78, 5) is 40.1. The second-order valence-corrected chi connectivity index (χ2v) is 9.28. The van der Waals surface area contributed by atoms with Crippen LogP contribution in [0.25, 0.3) is 0 Å². The van der Waals surface area contributed by atoms with Crippen LogP contribution in [-0.2, 0) is 20.7 Å². The zero-order valence-corrected chi connectivity index (χ0v) is 20.1. The van der Waals surface area contributed by atoms with Crippen molar-refractivity contribution in [2.45, 2.75) is 37.5 Å². The molecular weight excluding hydrogens is 436 g/mol. The van der Waals surface area contributed by atoms with Gasteiger partial charge in [-0.2, -0.15) is 0 Å². The molecule has 3 rings (SSSR count). The topological polar surface area (TPSA) is 111 Å². The van der Waals surface area contributed by atoms with Crippen molar-refractivity contribution >= 4 is 18.2 Å². The SMILES string of the molecule is CN(CCCCNC(=O)NCC(Cc1ccc(O)cc1)N(C)C)C(=O)C1C2C=CC(O2)C1C=O. The standard InChI is InChI=1S/C25H36N4O5/c1-28(2)18(14-17-6-8-19(31)9-7-17)15-27-25(33)26-12-4-5-13-29(3)24(32)23-20(16-30)21-10-11-22(23)34-21/h6-11,16,18,20-23,31H,4-5,12-15H2,1-3H3,(H2,26,27,33). The van der Waals surface area contributed by atoms with Crippen molar-refractivity contribution in [3.63, 3.8) is 0 Å². The van der Waals surface area contributed by atoms with E-state index in [2.05, 4.69) is 15.5 Å². The molecule has 34 heavy (non-hydrogen) atoms. The van der Waals surface area contributed by atoms with Crippen molar-refractivity contribution in [1.29, 1.82) is 0 Å². The number of hydrogen-bond acceptors (Lipinski definition) is 6. The molecule has 0 spiro atoms. The monoisotopic (exact) mass is 472 g/mol. The van der Waals surface area contributed by atoms with E-state index in [1.165, 1.54) is 0 Å². The normalized spacial score (nSPS) is 23.6. The fourth-order valence-corrected chi connectivity index (χ4v) is 4.46. The number of amides is 3. The average Bonchev–Trinajstić information content (AvgIpc) is 3.43. The third kappa shape index (κ3) is 6.57. The molecule has 9 nitrogen and oxygen atoms in total. The molecule has 1 fully saturated rings. The molecule has 2 bridgehead atoms. The molecule has 186 valence electrons. The second kappa shape index (κ2) is 12.0. The van der Waals surface area contributed by atoms with Crippen LogP contribution >= 0.6 is 0 Å². The van der Waals surface area contributed by atoms with Gasteiger partial charge in [0.1, 0.15) is 12.0 Å². The minimum atomic E-state index is -0.437. The third-order valence-electron chi connectivity index (χ3n) is 6.61. The van der Waals surface area contributed by atoms with Gasteiger partial charge in [0.2, 0.25) is 5.91 Å². The quantitative estimate of drug-likeness (QED) is 0.239. The van der Waals surface area contributed by atoms with Crippen LogP contribution in [-0.4, -0.2) is 92.2 Å². The number of ether oxygens (including phenoxy) is 1. The molecule has 5 atom stereocenters. The van der Waals surface area contributed by atoms with Gasteiger partial charge in [-0.3, -0.25) is 4.79 Å². The summed E-state index contributed by atoms with van der Waals surface area (Å²) in [5, 5.41) is 15.2. The summed E-state index contributed by atoms with van der Waals surface area (Å²) in [7, 11) is 5.69. The van der Waals surface area contributed by atoms with Gasteiger partial charge < -0.3 is 35.1 Å². The van der Waals surface area contributed by atoms with Crippen molar-refractivity contribution in [2.24, 2.45) is 11.8 Å². The van der Waals surface area contributed by atoms with Crippen LogP contribution < -0.4 is 10.6 Å². The predicted molar refractivity (Wildman–Crippen MR) is 128 cm³/mol. The van der Waals surface area contributed by atoms with Crippen molar-refractivity contribution in [1.82, 2.24) is 20.4 Å². The lowest BCUT2D eigenvalue weighted by molar-refractivity contribution is -0.137. The average molecular weight is 473 g/mol. The first-order chi connectivity index (χ1) is 16.3. The molecule has 1 aromatic rings. The number of nitrogens with zero attached hydrogens (tertiary/aromatic N) is 2. The first-order valence-corrected chi connectivity index (χ1v) is 11.8. The van der Waals surface area contributed by atoms with Gasteiger partial charge in [-0.05, 0) is 51.1 Å². The first-order valence-electron chi connectivity index (χ1n) is 11.8. The Hall–Kier alpha value is -2.91. The summed E-state index contributed by atoms with van der Waals surface area (Å²) in [6.45, 7) is 1.56. The lowest BCUT2D eigenvalue weighted by atomic mass is 9.83. The highest BCUT2D eigenvalue weighted by Crippen LogP contribution is 2.38. The third-order valence-corrected chi connectivity index (χ3v) is 6.61. The maximum absolute atomic E-state index is 12.8. The number of unbranched alkanes of at least 4 members (excludes halogenated alkanes) is 1. The van der Waals surface area contributed by atoms with Crippen LogP contribution in [0.3, 0.4) is 0 Å². The summed E-state index contributed by atoms with van der Waals surface area (Å²) in [6, 6.07) is 6.99. The summed E-state index contributed by atoms with van der Waals surface area (Å²) in [6.07, 6.45) is 6.21. The zero-order chi connectivity index (χ0) is 24.7. The van der Waals surface area contributed by atoms with Crippen LogP contribution in [0.5, 0.6) is 5.75 Å². The number of phenols is 1. The maximum atomic E-state index is 12.8. The molecule has 0 radical (unpaired) electrons. The Morgan fingerprint density at radius 3 is 2.47 bits per heavy atom. The number of aromatic hydroxyl groups is 1. The highest BCUT2D eigenvalue weighted by Gasteiger charge is 2.50. The molecule has 5 unspecified atom stereocenters. The number of carbonyl (C=O) groups excluding carboxylic acids is 3. The molecule has 2 heterocycles. The Kier molecular flexibility index (Phi) is 9.06. The first kappa shape index (κ1) is 25.7. The van der Waals surface area contributed by atoms with Gasteiger partial charge in [0, 0.05) is 32.7 Å². The lowest BCUT2D eigenvalue weighted by Gasteiger charge is -2.26. The van der Waals surface area contributed by atoms with Gasteiger partial charge >= 0.3 is 6.03 Å². The van der Waals surface area contributed by atoms with Crippen LogP contribution in [0.1, 0.15) is 18.4 Å². The van der Waals surface area contributed by atoms with Gasteiger partial charge in [-0.15, -0.1) is 0 Å². The number of carbonyl (C=O) groups is 3. The Morgan fingerprint density at radius 2 is 1.79 bits per heavy atom. The van der Waals surface area contributed by atoms with Crippen LogP contribution in [0.4, 0.5) is 4.79 Å². The molecule has 1 aromatic carbocycles. The zero-order valence-electron chi connectivity index (χ0n) is 20.1. The molecule has 2 aliphatic rings. The summed E-state index contributed by atoms with van der Waals surface area (Å²) in [5.74, 6) is -0.675. The number of likely N-dealkylation sites (N-methyl/N-ethyl adjacent to an activating group) is 1. The molecule has 3 N–H and O–H groups in total. The summed E-state index contributed by atoms with van der Waals surface area (Å²) in [5.41, 5.74) is 1.09. The van der Waals surface area contributed by atoms with Crippen molar-refractivity contribution in [3.05, 3.63) is 42.0 Å². The Bertz CT molecular complexity index is 873. The fraction of sp³-hybridized carbons (Fsp3) is 0.560. The van der Waals surface area contributed by atoms with E-state index in [-0.39, 0.29) is 35.9 Å². The van der Waals surface area contributed by atoms with Gasteiger partial charge in [-0.25, -0.2) is 4.79 Å². The number of phenolic OH excluding ortho intramolecular Hbond substituents is 1. The van der Waals surface area contributed by atoms with E-state index in [9.17, 15) is 19.5 Å². The van der Waals surface area contributed by atoms with Crippen LogP contribution in [0.15, 0.2) is 36.4 Å². The molecule has 0 saturated carbocycles. The minimum absolute atomic E-state index is 0.0667. The number of aldehydes is 1. The number of benzene rings is 1. The van der Waals surface area contributed by atoms with E-state index in [0.29, 0.717) is 19.6 Å². The molecule has 2 aliphatic heterocycles. The molecular formula is C25H36N4O5. The Labute approximate surface area is 201 Å². The molecule has 0 aliphatic carbocycles. The fourth-order valence-electron chi connectivity index (χ4n) is 4.46. The molecule has 0 aromatic heterocycles. The van der Waals surface area contributed by atoms with Crippen molar-refractivity contribution in [3.8, 4) is 5.75 Å². The van der Waals surface area contributed by atoms with E-state index in [1.54, 1.807) is 24.1 Å². The van der Waals surface area contributed by atoms with E-state index < -0.39 is 11.8 Å². The molecule has 3 amide bonds. The van der Waals surface area contributed by atoms with Crippen molar-refractivity contribution < 1.29 is 24.2 Å².